The van der Waals surface area contributed by atoms with Crippen molar-refractivity contribution in [3.05, 3.63) is 59.4 Å². The highest BCUT2D eigenvalue weighted by Gasteiger charge is 2.35. The largest absolute Gasteiger partial charge is 0.324 e. The summed E-state index contributed by atoms with van der Waals surface area (Å²) in [6.45, 7) is 4.04. The molecule has 2 amide bonds. The molecule has 1 fully saturated rings. The zero-order chi connectivity index (χ0) is 17.1. The molecule has 24 heavy (non-hydrogen) atoms. The van der Waals surface area contributed by atoms with E-state index >= 15 is 0 Å². The third-order valence-corrected chi connectivity index (χ3v) is 5.16. The molecule has 0 unspecified atom stereocenters. The van der Waals surface area contributed by atoms with Gasteiger partial charge >= 0.3 is 0 Å². The fourth-order valence-corrected chi connectivity index (χ4v) is 3.72. The van der Waals surface area contributed by atoms with Crippen molar-refractivity contribution in [3.63, 3.8) is 0 Å². The quantitative estimate of drug-likeness (QED) is 0.932. The molecule has 1 N–H and O–H groups in total. The van der Waals surface area contributed by atoms with Crippen LogP contribution in [0.5, 0.6) is 0 Å². The number of rotatable bonds is 3. The summed E-state index contributed by atoms with van der Waals surface area (Å²) < 4.78 is 0. The molecule has 1 atom stereocenters. The SMILES string of the molecule is Cc1ccc(NC(=O)[C@H]2CSCN2C(=O)c2ccncc2)cc1C. The van der Waals surface area contributed by atoms with Gasteiger partial charge in [-0.25, -0.2) is 0 Å². The summed E-state index contributed by atoms with van der Waals surface area (Å²) in [6, 6.07) is 8.70. The van der Waals surface area contributed by atoms with Crippen molar-refractivity contribution in [1.29, 1.82) is 0 Å². The average Bonchev–Trinajstić information content (AvgIpc) is 3.08. The molecule has 2 heterocycles. The Morgan fingerprint density at radius 2 is 1.92 bits per heavy atom. The Kier molecular flexibility index (Phi) is 4.85. The van der Waals surface area contributed by atoms with Crippen LogP contribution < -0.4 is 5.32 Å². The number of aromatic nitrogens is 1. The third kappa shape index (κ3) is 3.43. The molecule has 124 valence electrons. The first-order chi connectivity index (χ1) is 11.6. The van der Waals surface area contributed by atoms with Crippen molar-refractivity contribution >= 4 is 29.3 Å². The summed E-state index contributed by atoms with van der Waals surface area (Å²) in [5.41, 5.74) is 3.62. The van der Waals surface area contributed by atoms with Gasteiger partial charge in [-0.15, -0.1) is 11.8 Å². The number of thioether (sulfide) groups is 1. The first-order valence-electron chi connectivity index (χ1n) is 7.73. The van der Waals surface area contributed by atoms with E-state index in [0.29, 0.717) is 17.2 Å². The van der Waals surface area contributed by atoms with Crippen LogP contribution in [0.4, 0.5) is 5.69 Å². The molecule has 0 radical (unpaired) electrons. The summed E-state index contributed by atoms with van der Waals surface area (Å²) >= 11 is 1.59. The Hall–Kier alpha value is -2.34. The smallest absolute Gasteiger partial charge is 0.255 e. The van der Waals surface area contributed by atoms with Gasteiger partial charge in [0.2, 0.25) is 5.91 Å². The lowest BCUT2D eigenvalue weighted by atomic mass is 10.1. The van der Waals surface area contributed by atoms with E-state index in [1.807, 2.05) is 32.0 Å². The maximum absolute atomic E-state index is 12.6. The number of aryl methyl sites for hydroxylation is 2. The highest BCUT2D eigenvalue weighted by molar-refractivity contribution is 7.99. The number of hydrogen-bond donors (Lipinski definition) is 1. The van der Waals surface area contributed by atoms with Crippen LogP contribution in [0.3, 0.4) is 0 Å². The molecule has 1 aliphatic rings. The van der Waals surface area contributed by atoms with Crippen LogP contribution in [0.2, 0.25) is 0 Å². The molecular weight excluding hydrogens is 322 g/mol. The Bertz CT molecular complexity index is 764. The fraction of sp³-hybridized carbons (Fsp3) is 0.278. The molecule has 1 aromatic heterocycles. The number of nitrogens with zero attached hydrogens (tertiary/aromatic N) is 2. The number of nitrogens with one attached hydrogen (secondary N) is 1. The van der Waals surface area contributed by atoms with Gasteiger partial charge in [-0.2, -0.15) is 0 Å². The molecule has 1 saturated heterocycles. The average molecular weight is 341 g/mol. The molecule has 1 aromatic carbocycles. The number of carbonyl (C=O) groups excluding carboxylic acids is 2. The molecule has 0 bridgehead atoms. The zero-order valence-electron chi connectivity index (χ0n) is 13.7. The van der Waals surface area contributed by atoms with E-state index in [1.54, 1.807) is 41.2 Å². The molecular formula is C18H19N3O2S. The van der Waals surface area contributed by atoms with Gasteiger partial charge in [-0.1, -0.05) is 6.07 Å². The van der Waals surface area contributed by atoms with Gasteiger partial charge in [0, 0.05) is 29.4 Å². The molecule has 6 heteroatoms. The third-order valence-electron chi connectivity index (χ3n) is 4.15. The molecule has 5 nitrogen and oxygen atoms in total. The van der Waals surface area contributed by atoms with E-state index in [1.165, 1.54) is 5.56 Å². The van der Waals surface area contributed by atoms with Gasteiger partial charge in [0.15, 0.2) is 0 Å². The van der Waals surface area contributed by atoms with E-state index in [4.69, 9.17) is 0 Å². The van der Waals surface area contributed by atoms with Crippen molar-refractivity contribution in [3.8, 4) is 0 Å². The van der Waals surface area contributed by atoms with Gasteiger partial charge in [0.1, 0.15) is 6.04 Å². The van der Waals surface area contributed by atoms with E-state index in [-0.39, 0.29) is 11.8 Å². The molecule has 0 saturated carbocycles. The number of anilines is 1. The van der Waals surface area contributed by atoms with Gasteiger partial charge in [-0.05, 0) is 49.2 Å². The highest BCUT2D eigenvalue weighted by atomic mass is 32.2. The number of benzene rings is 1. The number of carbonyl (C=O) groups is 2. The van der Waals surface area contributed by atoms with Crippen LogP contribution in [0, 0.1) is 13.8 Å². The van der Waals surface area contributed by atoms with E-state index < -0.39 is 6.04 Å². The topological polar surface area (TPSA) is 62.3 Å². The van der Waals surface area contributed by atoms with Gasteiger partial charge in [0.25, 0.3) is 5.91 Å². The standard InChI is InChI=1S/C18H19N3O2S/c1-12-3-4-15(9-13(12)2)20-17(22)16-10-24-11-21(16)18(23)14-5-7-19-8-6-14/h3-9,16H,10-11H2,1-2H3,(H,20,22)/t16-/m1/s1. The summed E-state index contributed by atoms with van der Waals surface area (Å²) in [7, 11) is 0. The normalized spacial score (nSPS) is 16.9. The Morgan fingerprint density at radius 1 is 1.17 bits per heavy atom. The number of hydrogen-bond acceptors (Lipinski definition) is 4. The molecule has 3 rings (SSSR count). The molecule has 2 aromatic rings. The minimum absolute atomic E-state index is 0.136. The monoisotopic (exact) mass is 341 g/mol. The Morgan fingerprint density at radius 3 is 2.62 bits per heavy atom. The second-order valence-corrected chi connectivity index (χ2v) is 6.81. The van der Waals surface area contributed by atoms with Crippen LogP contribution in [-0.4, -0.2) is 39.4 Å². The lowest BCUT2D eigenvalue weighted by Crippen LogP contribution is -2.44. The van der Waals surface area contributed by atoms with Gasteiger partial charge in [0.05, 0.1) is 5.88 Å². The lowest BCUT2D eigenvalue weighted by molar-refractivity contribution is -0.119. The van der Waals surface area contributed by atoms with E-state index in [0.717, 1.165) is 11.3 Å². The predicted octanol–water partition coefficient (Wildman–Crippen LogP) is 2.85. The van der Waals surface area contributed by atoms with Crippen LogP contribution in [0.25, 0.3) is 0 Å². The Balaban J connectivity index is 1.74. The second kappa shape index (κ2) is 7.05. The van der Waals surface area contributed by atoms with Crippen molar-refractivity contribution in [2.24, 2.45) is 0 Å². The van der Waals surface area contributed by atoms with Gasteiger partial charge < -0.3 is 10.2 Å². The van der Waals surface area contributed by atoms with Crippen LogP contribution in [0.15, 0.2) is 42.7 Å². The van der Waals surface area contributed by atoms with Crippen LogP contribution in [-0.2, 0) is 4.79 Å². The van der Waals surface area contributed by atoms with E-state index in [2.05, 4.69) is 10.3 Å². The fourth-order valence-electron chi connectivity index (χ4n) is 2.57. The minimum atomic E-state index is -0.461. The molecule has 0 spiro atoms. The summed E-state index contributed by atoms with van der Waals surface area (Å²) in [4.78, 5) is 30.8. The van der Waals surface area contributed by atoms with Crippen LogP contribution in [0.1, 0.15) is 21.5 Å². The number of pyridine rings is 1. The summed E-state index contributed by atoms with van der Waals surface area (Å²) in [5.74, 6) is 0.841. The highest BCUT2D eigenvalue weighted by Crippen LogP contribution is 2.24. The summed E-state index contributed by atoms with van der Waals surface area (Å²) in [6.07, 6.45) is 3.17. The number of amides is 2. The predicted molar refractivity (Wildman–Crippen MR) is 96.1 cm³/mol. The van der Waals surface area contributed by atoms with Crippen LogP contribution >= 0.6 is 11.8 Å². The van der Waals surface area contributed by atoms with Crippen molar-refractivity contribution < 1.29 is 9.59 Å². The second-order valence-electron chi connectivity index (χ2n) is 5.81. The molecule has 0 aliphatic carbocycles. The van der Waals surface area contributed by atoms with Crippen molar-refractivity contribution in [2.75, 3.05) is 16.9 Å². The van der Waals surface area contributed by atoms with Gasteiger partial charge in [-0.3, -0.25) is 14.6 Å². The van der Waals surface area contributed by atoms with Crippen molar-refractivity contribution in [2.45, 2.75) is 19.9 Å². The first kappa shape index (κ1) is 16.5. The first-order valence-corrected chi connectivity index (χ1v) is 8.88. The van der Waals surface area contributed by atoms with Crippen molar-refractivity contribution in [1.82, 2.24) is 9.88 Å². The summed E-state index contributed by atoms with van der Waals surface area (Å²) in [5, 5.41) is 2.93. The lowest BCUT2D eigenvalue weighted by Gasteiger charge is -2.23. The van der Waals surface area contributed by atoms with E-state index in [9.17, 15) is 9.59 Å². The Labute approximate surface area is 145 Å². The maximum Gasteiger partial charge on any atom is 0.255 e. The zero-order valence-corrected chi connectivity index (χ0v) is 14.5. The molecule has 1 aliphatic heterocycles. The maximum atomic E-state index is 12.6. The minimum Gasteiger partial charge on any atom is -0.324 e.